The Balaban J connectivity index is 2.12. The van der Waals surface area contributed by atoms with Crippen molar-refractivity contribution in [3.8, 4) is 17.1 Å². The van der Waals surface area contributed by atoms with Crippen LogP contribution in [0.5, 0.6) is 0 Å². The molecule has 142 valence electrons. The highest BCUT2D eigenvalue weighted by molar-refractivity contribution is 5.84. The van der Waals surface area contributed by atoms with E-state index >= 15 is 0 Å². The molecule has 0 unspecified atom stereocenters. The number of rotatable bonds is 4. The summed E-state index contributed by atoms with van der Waals surface area (Å²) < 4.78 is 15.8. The molecular formula is C25H25FN2. The molecule has 3 heteroatoms. The lowest BCUT2D eigenvalue weighted by Crippen LogP contribution is -2.08. The van der Waals surface area contributed by atoms with Gasteiger partial charge in [0.05, 0.1) is 16.7 Å². The van der Waals surface area contributed by atoms with Gasteiger partial charge in [-0.3, -0.25) is 4.57 Å². The number of hydrogen-bond donors (Lipinski definition) is 0. The van der Waals surface area contributed by atoms with Crippen LogP contribution in [0.25, 0.3) is 28.1 Å². The second-order valence-electron chi connectivity index (χ2n) is 7.86. The summed E-state index contributed by atoms with van der Waals surface area (Å²) in [6, 6.07) is 21.3. The fourth-order valence-electron chi connectivity index (χ4n) is 3.81. The van der Waals surface area contributed by atoms with E-state index in [4.69, 9.17) is 4.98 Å². The second-order valence-corrected chi connectivity index (χ2v) is 7.86. The zero-order chi connectivity index (χ0) is 19.8. The van der Waals surface area contributed by atoms with E-state index in [9.17, 15) is 4.39 Å². The fourth-order valence-corrected chi connectivity index (χ4v) is 3.81. The van der Waals surface area contributed by atoms with Crippen LogP contribution in [0.2, 0.25) is 0 Å². The topological polar surface area (TPSA) is 17.8 Å². The molecule has 0 spiro atoms. The van der Waals surface area contributed by atoms with E-state index in [0.717, 1.165) is 22.4 Å². The highest BCUT2D eigenvalue weighted by atomic mass is 19.1. The van der Waals surface area contributed by atoms with E-state index in [-0.39, 0.29) is 5.82 Å². The molecule has 0 bridgehead atoms. The maximum absolute atomic E-state index is 13.5. The molecule has 0 amide bonds. The molecule has 0 atom stereocenters. The van der Waals surface area contributed by atoms with E-state index in [1.165, 1.54) is 28.9 Å². The van der Waals surface area contributed by atoms with Gasteiger partial charge in [-0.15, -0.1) is 0 Å². The Kier molecular flexibility index (Phi) is 4.76. The molecule has 0 aliphatic rings. The van der Waals surface area contributed by atoms with Crippen LogP contribution in [-0.2, 0) is 0 Å². The minimum Gasteiger partial charge on any atom is -0.292 e. The predicted octanol–water partition coefficient (Wildman–Crippen LogP) is 7.08. The molecule has 0 aliphatic carbocycles. The molecule has 0 radical (unpaired) electrons. The molecule has 0 fully saturated rings. The van der Waals surface area contributed by atoms with Gasteiger partial charge in [0.15, 0.2) is 0 Å². The predicted molar refractivity (Wildman–Crippen MR) is 115 cm³/mol. The first-order chi connectivity index (χ1) is 13.5. The molecule has 3 aromatic carbocycles. The summed E-state index contributed by atoms with van der Waals surface area (Å²) in [6.07, 6.45) is 0. The number of benzene rings is 3. The van der Waals surface area contributed by atoms with Crippen molar-refractivity contribution in [2.75, 3.05) is 0 Å². The van der Waals surface area contributed by atoms with Crippen LogP contribution in [-0.4, -0.2) is 9.55 Å². The van der Waals surface area contributed by atoms with E-state index in [2.05, 4.69) is 56.5 Å². The normalized spacial score (nSPS) is 11.7. The summed E-state index contributed by atoms with van der Waals surface area (Å²) in [4.78, 5) is 4.93. The molecule has 0 saturated carbocycles. The summed E-state index contributed by atoms with van der Waals surface area (Å²) in [7, 11) is 0. The van der Waals surface area contributed by atoms with Crippen molar-refractivity contribution < 1.29 is 4.39 Å². The molecule has 0 aliphatic heterocycles. The van der Waals surface area contributed by atoms with Gasteiger partial charge in [-0.05, 0) is 59.4 Å². The molecule has 1 aromatic heterocycles. The van der Waals surface area contributed by atoms with Gasteiger partial charge < -0.3 is 0 Å². The minimum absolute atomic E-state index is 0.239. The molecule has 28 heavy (non-hydrogen) atoms. The third-order valence-electron chi connectivity index (χ3n) is 5.23. The van der Waals surface area contributed by atoms with Crippen LogP contribution >= 0.6 is 0 Å². The van der Waals surface area contributed by atoms with Gasteiger partial charge in [-0.25, -0.2) is 9.37 Å². The maximum Gasteiger partial charge on any atom is 0.145 e. The van der Waals surface area contributed by atoms with Gasteiger partial charge >= 0.3 is 0 Å². The zero-order valence-electron chi connectivity index (χ0n) is 16.8. The monoisotopic (exact) mass is 372 g/mol. The lowest BCUT2D eigenvalue weighted by molar-refractivity contribution is 0.628. The van der Waals surface area contributed by atoms with Crippen molar-refractivity contribution in [2.24, 2.45) is 0 Å². The van der Waals surface area contributed by atoms with E-state index in [0.29, 0.717) is 11.8 Å². The number of imidazole rings is 1. The molecule has 0 N–H and O–H groups in total. The van der Waals surface area contributed by atoms with Crippen LogP contribution in [0.3, 0.4) is 0 Å². The van der Waals surface area contributed by atoms with E-state index in [1.54, 1.807) is 12.1 Å². The molecule has 4 aromatic rings. The average Bonchev–Trinajstić information content (AvgIpc) is 3.07. The first kappa shape index (κ1) is 18.4. The average molecular weight is 372 g/mol. The summed E-state index contributed by atoms with van der Waals surface area (Å²) in [5.74, 6) is 1.35. The molecule has 0 saturated heterocycles. The van der Waals surface area contributed by atoms with Crippen molar-refractivity contribution in [2.45, 2.75) is 39.5 Å². The Bertz CT molecular complexity index is 1090. The summed E-state index contributed by atoms with van der Waals surface area (Å²) in [5.41, 5.74) is 6.69. The van der Waals surface area contributed by atoms with Crippen LogP contribution in [0, 0.1) is 5.82 Å². The lowest BCUT2D eigenvalue weighted by Gasteiger charge is -2.22. The summed E-state index contributed by atoms with van der Waals surface area (Å²) in [5, 5.41) is 0. The quantitative estimate of drug-likeness (QED) is 0.374. The Hall–Kier alpha value is -2.94. The molecule has 4 rings (SSSR count). The summed E-state index contributed by atoms with van der Waals surface area (Å²) >= 11 is 0. The van der Waals surface area contributed by atoms with Crippen molar-refractivity contribution in [3.05, 3.63) is 83.7 Å². The Labute approximate surface area is 165 Å². The number of hydrogen-bond acceptors (Lipinski definition) is 1. The number of aromatic nitrogens is 2. The van der Waals surface area contributed by atoms with Gasteiger partial charge in [-0.2, -0.15) is 0 Å². The van der Waals surface area contributed by atoms with Crippen molar-refractivity contribution >= 4 is 11.0 Å². The third-order valence-corrected chi connectivity index (χ3v) is 5.23. The van der Waals surface area contributed by atoms with Crippen LogP contribution in [0.15, 0.2) is 66.7 Å². The molecular weight excluding hydrogens is 347 g/mol. The van der Waals surface area contributed by atoms with E-state index in [1.807, 2.05) is 18.2 Å². The fraction of sp³-hybridized carbons (Fsp3) is 0.240. The third kappa shape index (κ3) is 3.11. The first-order valence-electron chi connectivity index (χ1n) is 9.84. The second kappa shape index (κ2) is 7.23. The van der Waals surface area contributed by atoms with Crippen molar-refractivity contribution in [1.29, 1.82) is 0 Å². The van der Waals surface area contributed by atoms with Gasteiger partial charge in [0.2, 0.25) is 0 Å². The van der Waals surface area contributed by atoms with Gasteiger partial charge in [-0.1, -0.05) is 58.0 Å². The Morgan fingerprint density at radius 3 is 1.96 bits per heavy atom. The molecule has 2 nitrogen and oxygen atoms in total. The highest BCUT2D eigenvalue weighted by Gasteiger charge is 2.21. The zero-order valence-corrected chi connectivity index (χ0v) is 16.8. The highest BCUT2D eigenvalue weighted by Crippen LogP contribution is 2.37. The Morgan fingerprint density at radius 2 is 1.36 bits per heavy atom. The van der Waals surface area contributed by atoms with Crippen molar-refractivity contribution in [1.82, 2.24) is 9.55 Å². The SMILES string of the molecule is CC(C)c1cccc(C(C)C)c1-n1c(-c2ccc(F)cc2)nc2ccccc21. The standard InChI is InChI=1S/C25H25FN2/c1-16(2)20-8-7-9-21(17(3)4)24(20)28-23-11-6-5-10-22(23)27-25(28)18-12-14-19(26)15-13-18/h5-17H,1-4H3. The minimum atomic E-state index is -0.239. The largest absolute Gasteiger partial charge is 0.292 e. The van der Waals surface area contributed by atoms with Gasteiger partial charge in [0, 0.05) is 5.56 Å². The van der Waals surface area contributed by atoms with Gasteiger partial charge in [0.25, 0.3) is 0 Å². The van der Waals surface area contributed by atoms with Crippen LogP contribution in [0.4, 0.5) is 4.39 Å². The number of para-hydroxylation sites is 3. The lowest BCUT2D eigenvalue weighted by atomic mass is 9.92. The first-order valence-corrected chi connectivity index (χ1v) is 9.84. The van der Waals surface area contributed by atoms with Crippen LogP contribution < -0.4 is 0 Å². The Morgan fingerprint density at radius 1 is 0.750 bits per heavy atom. The smallest absolute Gasteiger partial charge is 0.145 e. The number of fused-ring (bicyclic) bond motifs is 1. The maximum atomic E-state index is 13.5. The van der Waals surface area contributed by atoms with Crippen LogP contribution in [0.1, 0.15) is 50.7 Å². The molecule has 1 heterocycles. The number of nitrogens with zero attached hydrogens (tertiary/aromatic N) is 2. The van der Waals surface area contributed by atoms with Crippen molar-refractivity contribution in [3.63, 3.8) is 0 Å². The number of halogens is 1. The van der Waals surface area contributed by atoms with Gasteiger partial charge in [0.1, 0.15) is 11.6 Å². The van der Waals surface area contributed by atoms with E-state index < -0.39 is 0 Å². The summed E-state index contributed by atoms with van der Waals surface area (Å²) in [6.45, 7) is 8.89.